The molecule has 1 saturated heterocycles. The van der Waals surface area contributed by atoms with Gasteiger partial charge in [0.05, 0.1) is 5.69 Å². The molecule has 2 aliphatic rings. The van der Waals surface area contributed by atoms with Crippen LogP contribution in [0.25, 0.3) is 0 Å². The third-order valence-corrected chi connectivity index (χ3v) is 4.29. The van der Waals surface area contributed by atoms with E-state index >= 15 is 0 Å². The van der Waals surface area contributed by atoms with E-state index in [4.69, 9.17) is 16.4 Å². The highest BCUT2D eigenvalue weighted by molar-refractivity contribution is 6.33. The molecule has 0 N–H and O–H groups in total. The lowest BCUT2D eigenvalue weighted by molar-refractivity contribution is -0.126. The number of carbonyl (C=O) groups is 2. The predicted octanol–water partition coefficient (Wildman–Crippen LogP) is 2.77. The van der Waals surface area contributed by atoms with E-state index in [1.165, 1.54) is 24.3 Å². The molecular formula is C17H10ClFN2O3. The Bertz CT molecular complexity index is 864. The van der Waals surface area contributed by atoms with Crippen molar-refractivity contribution in [1.82, 2.24) is 0 Å². The summed E-state index contributed by atoms with van der Waals surface area (Å²) in [6.07, 6.45) is -0.992. The lowest BCUT2D eigenvalue weighted by Gasteiger charge is -2.15. The highest BCUT2D eigenvalue weighted by atomic mass is 35.5. The molecule has 120 valence electrons. The topological polar surface area (TPSA) is 59.0 Å². The van der Waals surface area contributed by atoms with Gasteiger partial charge >= 0.3 is 0 Å². The monoisotopic (exact) mass is 344 g/mol. The van der Waals surface area contributed by atoms with Gasteiger partial charge in [-0.05, 0) is 36.4 Å². The number of rotatable bonds is 2. The van der Waals surface area contributed by atoms with E-state index in [1.54, 1.807) is 24.3 Å². The molecular weight excluding hydrogens is 335 g/mol. The quantitative estimate of drug-likeness (QED) is 0.787. The van der Waals surface area contributed by atoms with Crippen LogP contribution in [0.3, 0.4) is 0 Å². The van der Waals surface area contributed by atoms with Crippen LogP contribution in [0.5, 0.6) is 0 Å². The number of nitrogens with zero attached hydrogens (tertiary/aromatic N) is 2. The van der Waals surface area contributed by atoms with Crippen molar-refractivity contribution in [3.8, 4) is 0 Å². The van der Waals surface area contributed by atoms with E-state index < -0.39 is 29.7 Å². The van der Waals surface area contributed by atoms with Crippen LogP contribution in [-0.4, -0.2) is 23.6 Å². The van der Waals surface area contributed by atoms with Crippen LogP contribution in [0.2, 0.25) is 5.02 Å². The van der Waals surface area contributed by atoms with Crippen molar-refractivity contribution in [3.63, 3.8) is 0 Å². The fourth-order valence-electron chi connectivity index (χ4n) is 2.88. The molecule has 0 radical (unpaired) electrons. The van der Waals surface area contributed by atoms with E-state index in [1.807, 2.05) is 0 Å². The molecule has 2 atom stereocenters. The predicted molar refractivity (Wildman–Crippen MR) is 85.2 cm³/mol. The second kappa shape index (κ2) is 5.42. The summed E-state index contributed by atoms with van der Waals surface area (Å²) in [5.74, 6) is -2.21. The summed E-state index contributed by atoms with van der Waals surface area (Å²) in [5, 5.41) is 4.46. The van der Waals surface area contributed by atoms with Crippen LogP contribution in [0.4, 0.5) is 10.1 Å². The largest absolute Gasteiger partial charge is 0.381 e. The first-order valence-electron chi connectivity index (χ1n) is 7.19. The molecule has 0 spiro atoms. The molecule has 5 nitrogen and oxygen atoms in total. The van der Waals surface area contributed by atoms with Crippen LogP contribution in [0.1, 0.15) is 5.56 Å². The zero-order valence-electron chi connectivity index (χ0n) is 12.1. The number of anilines is 1. The summed E-state index contributed by atoms with van der Waals surface area (Å²) >= 11 is 5.87. The molecule has 2 aromatic carbocycles. The van der Waals surface area contributed by atoms with Gasteiger partial charge in [0, 0.05) is 10.6 Å². The van der Waals surface area contributed by atoms with Gasteiger partial charge in [-0.25, -0.2) is 9.29 Å². The van der Waals surface area contributed by atoms with Gasteiger partial charge in [-0.15, -0.1) is 0 Å². The zero-order valence-corrected chi connectivity index (χ0v) is 12.9. The minimum Gasteiger partial charge on any atom is -0.381 e. The van der Waals surface area contributed by atoms with Gasteiger partial charge in [0.15, 0.2) is 0 Å². The molecule has 24 heavy (non-hydrogen) atoms. The van der Waals surface area contributed by atoms with Crippen molar-refractivity contribution < 1.29 is 18.8 Å². The summed E-state index contributed by atoms with van der Waals surface area (Å²) in [5.41, 5.74) is 1.36. The second-order valence-electron chi connectivity index (χ2n) is 5.48. The SMILES string of the molecule is O=C1[C@H]2C(c3ccc(Cl)cc3)=NO[C@@H]2C(=O)N1c1ccc(F)cc1. The summed E-state index contributed by atoms with van der Waals surface area (Å²) in [7, 11) is 0. The minimum atomic E-state index is -0.992. The Labute approximate surface area is 141 Å². The summed E-state index contributed by atoms with van der Waals surface area (Å²) in [4.78, 5) is 31.5. The molecule has 2 aromatic rings. The first kappa shape index (κ1) is 14.8. The van der Waals surface area contributed by atoms with E-state index in [-0.39, 0.29) is 0 Å². The molecule has 1 fully saturated rings. The van der Waals surface area contributed by atoms with Crippen LogP contribution in [-0.2, 0) is 14.4 Å². The number of halogens is 2. The maximum absolute atomic E-state index is 13.1. The van der Waals surface area contributed by atoms with E-state index in [2.05, 4.69) is 5.16 Å². The number of hydrogen-bond donors (Lipinski definition) is 0. The molecule has 2 amide bonds. The maximum Gasteiger partial charge on any atom is 0.278 e. The number of oxime groups is 1. The van der Waals surface area contributed by atoms with Crippen molar-refractivity contribution in [3.05, 3.63) is 64.9 Å². The van der Waals surface area contributed by atoms with Crippen molar-refractivity contribution in [2.45, 2.75) is 6.10 Å². The van der Waals surface area contributed by atoms with Crippen molar-refractivity contribution >= 4 is 34.8 Å². The number of fused-ring (bicyclic) bond motifs is 1. The van der Waals surface area contributed by atoms with Gasteiger partial charge in [-0.1, -0.05) is 28.9 Å². The molecule has 0 aliphatic carbocycles. The van der Waals surface area contributed by atoms with Crippen LogP contribution >= 0.6 is 11.6 Å². The van der Waals surface area contributed by atoms with Crippen LogP contribution in [0.15, 0.2) is 53.7 Å². The molecule has 7 heteroatoms. The van der Waals surface area contributed by atoms with Gasteiger partial charge in [0.2, 0.25) is 12.0 Å². The summed E-state index contributed by atoms with van der Waals surface area (Å²) in [6, 6.07) is 11.9. The van der Waals surface area contributed by atoms with Crippen molar-refractivity contribution in [1.29, 1.82) is 0 Å². The Balaban J connectivity index is 1.69. The fraction of sp³-hybridized carbons (Fsp3) is 0.118. The number of imide groups is 1. The summed E-state index contributed by atoms with van der Waals surface area (Å²) < 4.78 is 13.1. The summed E-state index contributed by atoms with van der Waals surface area (Å²) in [6.45, 7) is 0. The van der Waals surface area contributed by atoms with Gasteiger partial charge in [-0.3, -0.25) is 9.59 Å². The first-order chi connectivity index (χ1) is 11.6. The third kappa shape index (κ3) is 2.18. The molecule has 0 saturated carbocycles. The second-order valence-corrected chi connectivity index (χ2v) is 5.91. The Hall–Kier alpha value is -2.73. The number of hydrogen-bond acceptors (Lipinski definition) is 4. The number of amides is 2. The normalized spacial score (nSPS) is 22.4. The average Bonchev–Trinajstić information content (AvgIpc) is 3.11. The first-order valence-corrected chi connectivity index (χ1v) is 7.57. The Morgan fingerprint density at radius 3 is 2.33 bits per heavy atom. The minimum absolute atomic E-state index is 0.305. The van der Waals surface area contributed by atoms with E-state index in [0.717, 1.165) is 4.90 Å². The zero-order chi connectivity index (χ0) is 16.8. The molecule has 4 rings (SSSR count). The third-order valence-electron chi connectivity index (χ3n) is 4.04. The standard InChI is InChI=1S/C17H10ClFN2O3/c18-10-3-1-9(2-4-10)14-13-15(24-20-14)17(23)21(16(13)22)12-7-5-11(19)6-8-12/h1-8,13,15H/t13-,15-/m0/s1. The highest BCUT2D eigenvalue weighted by Gasteiger charge is 2.56. The highest BCUT2D eigenvalue weighted by Crippen LogP contribution is 2.35. The maximum atomic E-state index is 13.1. The van der Waals surface area contributed by atoms with Gasteiger partial charge < -0.3 is 4.84 Å². The Morgan fingerprint density at radius 2 is 1.67 bits per heavy atom. The van der Waals surface area contributed by atoms with E-state index in [0.29, 0.717) is 22.0 Å². The van der Waals surface area contributed by atoms with Gasteiger partial charge in [0.25, 0.3) is 5.91 Å². The Morgan fingerprint density at radius 1 is 1.00 bits per heavy atom. The Kier molecular flexibility index (Phi) is 3.35. The van der Waals surface area contributed by atoms with Gasteiger partial charge in [-0.2, -0.15) is 0 Å². The fourth-order valence-corrected chi connectivity index (χ4v) is 3.01. The molecule has 0 bridgehead atoms. The lowest BCUT2D eigenvalue weighted by Crippen LogP contribution is -2.33. The van der Waals surface area contributed by atoms with Gasteiger partial charge in [0.1, 0.15) is 17.4 Å². The van der Waals surface area contributed by atoms with E-state index in [9.17, 15) is 14.0 Å². The number of carbonyl (C=O) groups excluding carboxylic acids is 2. The molecule has 0 aromatic heterocycles. The smallest absolute Gasteiger partial charge is 0.278 e. The molecule has 2 aliphatic heterocycles. The average molecular weight is 345 g/mol. The van der Waals surface area contributed by atoms with Crippen molar-refractivity contribution in [2.75, 3.05) is 4.90 Å². The molecule has 0 unspecified atom stereocenters. The lowest BCUT2D eigenvalue weighted by atomic mass is 9.94. The van der Waals surface area contributed by atoms with Crippen LogP contribution in [0, 0.1) is 11.7 Å². The molecule has 2 heterocycles. The van der Waals surface area contributed by atoms with Crippen LogP contribution < -0.4 is 4.90 Å². The number of benzene rings is 2. The van der Waals surface area contributed by atoms with Crippen molar-refractivity contribution in [2.24, 2.45) is 11.1 Å².